The Labute approximate surface area is 60.8 Å². The Kier molecular flexibility index (Phi) is 2.22. The number of hydrogen-bond acceptors (Lipinski definition) is 2. The van der Waals surface area contributed by atoms with Gasteiger partial charge in [-0.25, -0.2) is 4.79 Å². The topological polar surface area (TPSA) is 63.3 Å². The number of hydrogen-bond donors (Lipinski definition) is 2. The van der Waals surface area contributed by atoms with E-state index in [1.54, 1.807) is 0 Å². The van der Waals surface area contributed by atoms with Gasteiger partial charge in [0.25, 0.3) is 0 Å². The van der Waals surface area contributed by atoms with Crippen molar-refractivity contribution in [1.82, 2.24) is 0 Å². The normalized spacial score (nSPS) is 18.1. The van der Waals surface area contributed by atoms with E-state index in [1.807, 2.05) is 0 Å². The molecule has 6 heteroatoms. The third-order valence-electron chi connectivity index (χ3n) is 1.03. The smallest absolute Gasteiger partial charge is 0.349 e. The predicted octanol–water partition coefficient (Wildman–Crippen LogP) is 0.620. The SMILES string of the molecule is CC(N)(C(=O)O)C(F)(F)Cl. The average Bonchev–Trinajstić information content (AvgIpc) is 1.62. The molecule has 0 rings (SSSR count). The van der Waals surface area contributed by atoms with Gasteiger partial charge in [0.05, 0.1) is 0 Å². The van der Waals surface area contributed by atoms with Gasteiger partial charge in [0.15, 0.2) is 5.54 Å². The van der Waals surface area contributed by atoms with Crippen molar-refractivity contribution in [2.45, 2.75) is 17.8 Å². The molecule has 0 aromatic rings. The van der Waals surface area contributed by atoms with E-state index in [0.717, 1.165) is 0 Å². The first-order chi connectivity index (χ1) is 4.19. The molecule has 0 aromatic carbocycles. The number of carboxylic acids is 1. The van der Waals surface area contributed by atoms with Crippen molar-refractivity contribution < 1.29 is 18.7 Å². The number of aliphatic carboxylic acids is 1. The molecule has 1 unspecified atom stereocenters. The van der Waals surface area contributed by atoms with Crippen LogP contribution in [-0.4, -0.2) is 22.0 Å². The number of halogens is 3. The highest BCUT2D eigenvalue weighted by Gasteiger charge is 2.52. The summed E-state index contributed by atoms with van der Waals surface area (Å²) < 4.78 is 24.0. The van der Waals surface area contributed by atoms with Crippen LogP contribution in [0.25, 0.3) is 0 Å². The van der Waals surface area contributed by atoms with Gasteiger partial charge in [0.1, 0.15) is 0 Å². The lowest BCUT2D eigenvalue weighted by Crippen LogP contribution is -2.56. The van der Waals surface area contributed by atoms with Crippen molar-refractivity contribution in [3.8, 4) is 0 Å². The van der Waals surface area contributed by atoms with E-state index >= 15 is 0 Å². The van der Waals surface area contributed by atoms with Crippen molar-refractivity contribution in [2.75, 3.05) is 0 Å². The summed E-state index contributed by atoms with van der Waals surface area (Å²) >= 11 is 4.38. The monoisotopic (exact) mass is 173 g/mol. The lowest BCUT2D eigenvalue weighted by molar-refractivity contribution is -0.151. The summed E-state index contributed by atoms with van der Waals surface area (Å²) in [6, 6.07) is 0. The van der Waals surface area contributed by atoms with Crippen molar-refractivity contribution in [2.24, 2.45) is 5.73 Å². The minimum Gasteiger partial charge on any atom is -0.480 e. The molecule has 1 atom stereocenters. The van der Waals surface area contributed by atoms with Crippen LogP contribution in [0.2, 0.25) is 0 Å². The molecule has 0 saturated heterocycles. The second kappa shape index (κ2) is 2.32. The zero-order valence-electron chi connectivity index (χ0n) is 5.07. The summed E-state index contributed by atoms with van der Waals surface area (Å²) in [5.41, 5.74) is 1.94. The van der Waals surface area contributed by atoms with Gasteiger partial charge in [-0.15, -0.1) is 0 Å². The first-order valence-corrected chi connectivity index (χ1v) is 2.66. The highest BCUT2D eigenvalue weighted by Crippen LogP contribution is 2.30. The molecule has 0 spiro atoms. The Bertz CT molecular complexity index is 154. The highest BCUT2D eigenvalue weighted by molar-refractivity contribution is 6.24. The Morgan fingerprint density at radius 3 is 2.00 bits per heavy atom. The van der Waals surface area contributed by atoms with Crippen LogP contribution >= 0.6 is 11.6 Å². The minimum atomic E-state index is -3.93. The van der Waals surface area contributed by atoms with Gasteiger partial charge in [0, 0.05) is 0 Å². The number of rotatable bonds is 2. The second-order valence-corrected chi connectivity index (χ2v) is 2.48. The van der Waals surface area contributed by atoms with Crippen molar-refractivity contribution in [3.63, 3.8) is 0 Å². The summed E-state index contributed by atoms with van der Waals surface area (Å²) in [6.07, 6.45) is 0. The van der Waals surface area contributed by atoms with Gasteiger partial charge in [-0.1, -0.05) is 0 Å². The molecule has 60 valence electrons. The zero-order chi connectivity index (χ0) is 8.58. The van der Waals surface area contributed by atoms with Crippen LogP contribution in [0.3, 0.4) is 0 Å². The van der Waals surface area contributed by atoms with Crippen LogP contribution in [0, 0.1) is 0 Å². The van der Waals surface area contributed by atoms with E-state index in [-0.39, 0.29) is 0 Å². The number of alkyl halides is 3. The molecule has 0 aliphatic carbocycles. The third kappa shape index (κ3) is 1.54. The van der Waals surface area contributed by atoms with E-state index in [4.69, 9.17) is 5.11 Å². The molecule has 0 bridgehead atoms. The molecule has 0 amide bonds. The molecule has 0 saturated carbocycles. The first-order valence-electron chi connectivity index (χ1n) is 2.28. The zero-order valence-corrected chi connectivity index (χ0v) is 5.82. The Balaban J connectivity index is 4.57. The van der Waals surface area contributed by atoms with Crippen LogP contribution < -0.4 is 5.73 Å². The van der Waals surface area contributed by atoms with Crippen molar-refractivity contribution >= 4 is 17.6 Å². The lowest BCUT2D eigenvalue weighted by Gasteiger charge is -2.23. The number of nitrogens with two attached hydrogens (primary N) is 1. The molecule has 3 nitrogen and oxygen atoms in total. The molecule has 10 heavy (non-hydrogen) atoms. The summed E-state index contributed by atoms with van der Waals surface area (Å²) in [4.78, 5) is 9.98. The lowest BCUT2D eigenvalue weighted by atomic mass is 10.1. The van der Waals surface area contributed by atoms with E-state index in [1.165, 1.54) is 0 Å². The molecule has 0 aromatic heterocycles. The van der Waals surface area contributed by atoms with E-state index in [2.05, 4.69) is 17.3 Å². The molecule has 0 aliphatic heterocycles. The fourth-order valence-electron chi connectivity index (χ4n) is 0.121. The maximum atomic E-state index is 12.0. The van der Waals surface area contributed by atoms with Crippen LogP contribution in [0.4, 0.5) is 8.78 Å². The van der Waals surface area contributed by atoms with Crippen LogP contribution in [0.5, 0.6) is 0 Å². The van der Waals surface area contributed by atoms with Gasteiger partial charge < -0.3 is 10.8 Å². The van der Waals surface area contributed by atoms with E-state index < -0.39 is 16.9 Å². The van der Waals surface area contributed by atoms with Gasteiger partial charge in [0.2, 0.25) is 0 Å². The fraction of sp³-hybridized carbons (Fsp3) is 0.750. The summed E-state index contributed by atoms with van der Waals surface area (Å²) in [5, 5.41) is 4.16. The van der Waals surface area contributed by atoms with Crippen molar-refractivity contribution in [3.05, 3.63) is 0 Å². The molecule has 0 heterocycles. The van der Waals surface area contributed by atoms with E-state index in [9.17, 15) is 13.6 Å². The quantitative estimate of drug-likeness (QED) is 0.602. The number of carboxylic acid groups (broad SMARTS) is 1. The van der Waals surface area contributed by atoms with Crippen LogP contribution in [-0.2, 0) is 4.79 Å². The molecule has 0 radical (unpaired) electrons. The molecule has 0 aliphatic rings. The number of carbonyl (C=O) groups is 1. The first kappa shape index (κ1) is 9.58. The molecule has 0 fully saturated rings. The van der Waals surface area contributed by atoms with Gasteiger partial charge in [-0.05, 0) is 18.5 Å². The average molecular weight is 174 g/mol. The van der Waals surface area contributed by atoms with Gasteiger partial charge >= 0.3 is 11.4 Å². The van der Waals surface area contributed by atoms with Gasteiger partial charge in [-0.2, -0.15) is 8.78 Å². The largest absolute Gasteiger partial charge is 0.480 e. The Morgan fingerprint density at radius 1 is 1.70 bits per heavy atom. The third-order valence-corrected chi connectivity index (χ3v) is 1.43. The second-order valence-electron chi connectivity index (χ2n) is 2.01. The summed E-state index contributed by atoms with van der Waals surface area (Å²) in [5.74, 6) is -1.84. The van der Waals surface area contributed by atoms with Crippen LogP contribution in [0.1, 0.15) is 6.92 Å². The van der Waals surface area contributed by atoms with E-state index in [0.29, 0.717) is 6.92 Å². The maximum Gasteiger partial charge on any atom is 0.349 e. The summed E-state index contributed by atoms with van der Waals surface area (Å²) in [7, 11) is 0. The standard InChI is InChI=1S/C4H6ClF2NO2/c1-3(8,2(9)10)4(5,6)7/h8H2,1H3,(H,9,10). The fourth-order valence-corrected chi connectivity index (χ4v) is 0.202. The molecular formula is C4H6ClF2NO2. The Hall–Kier alpha value is -0.420. The summed E-state index contributed by atoms with van der Waals surface area (Å²) in [6.45, 7) is 0.641. The molecule has 3 N–H and O–H groups in total. The van der Waals surface area contributed by atoms with Gasteiger partial charge in [-0.3, -0.25) is 0 Å². The van der Waals surface area contributed by atoms with Crippen molar-refractivity contribution in [1.29, 1.82) is 0 Å². The molecular weight excluding hydrogens is 167 g/mol. The highest BCUT2D eigenvalue weighted by atomic mass is 35.5. The maximum absolute atomic E-state index is 12.0. The minimum absolute atomic E-state index is 0.641. The van der Waals surface area contributed by atoms with Crippen LogP contribution in [0.15, 0.2) is 0 Å². The Morgan fingerprint density at radius 2 is 2.00 bits per heavy atom. The predicted molar refractivity (Wildman–Crippen MR) is 31.0 cm³/mol.